The van der Waals surface area contributed by atoms with Crippen molar-refractivity contribution in [2.24, 2.45) is 11.3 Å². The van der Waals surface area contributed by atoms with Crippen LogP contribution in [0.4, 0.5) is 0 Å². The fourth-order valence-electron chi connectivity index (χ4n) is 5.46. The van der Waals surface area contributed by atoms with Crippen molar-refractivity contribution < 1.29 is 14.3 Å². The first-order valence-electron chi connectivity index (χ1n) is 10.6. The average molecular weight is 387 g/mol. The average Bonchev–Trinajstić information content (AvgIpc) is 2.90. The highest BCUT2D eigenvalue weighted by molar-refractivity contribution is 5.78. The second-order valence-corrected chi connectivity index (χ2v) is 9.62. The van der Waals surface area contributed by atoms with E-state index in [-0.39, 0.29) is 17.6 Å². The number of nitrogens with zero attached hydrogens (tertiary/aromatic N) is 2. The van der Waals surface area contributed by atoms with Crippen molar-refractivity contribution in [1.29, 1.82) is 0 Å². The Kier molecular flexibility index (Phi) is 5.07. The quantitative estimate of drug-likeness (QED) is 0.770. The van der Waals surface area contributed by atoms with E-state index in [1.54, 1.807) is 14.2 Å². The van der Waals surface area contributed by atoms with Gasteiger partial charge >= 0.3 is 0 Å². The molecule has 2 saturated heterocycles. The molecule has 3 aliphatic heterocycles. The Morgan fingerprint density at radius 3 is 2.46 bits per heavy atom. The molecule has 0 aliphatic carbocycles. The van der Waals surface area contributed by atoms with Crippen LogP contribution in [0.1, 0.15) is 63.6 Å². The van der Waals surface area contributed by atoms with Gasteiger partial charge in [-0.3, -0.25) is 9.69 Å². The summed E-state index contributed by atoms with van der Waals surface area (Å²) in [7, 11) is 3.36. The Balaban J connectivity index is 1.70. The van der Waals surface area contributed by atoms with Gasteiger partial charge in [0.2, 0.25) is 5.91 Å². The highest BCUT2D eigenvalue weighted by Gasteiger charge is 2.46. The van der Waals surface area contributed by atoms with Crippen molar-refractivity contribution in [3.8, 4) is 11.5 Å². The second kappa shape index (κ2) is 7.25. The van der Waals surface area contributed by atoms with E-state index in [1.807, 2.05) is 0 Å². The van der Waals surface area contributed by atoms with Gasteiger partial charge in [-0.25, -0.2) is 0 Å². The summed E-state index contributed by atoms with van der Waals surface area (Å²) in [5.41, 5.74) is 2.81. The van der Waals surface area contributed by atoms with Gasteiger partial charge < -0.3 is 14.4 Å². The van der Waals surface area contributed by atoms with Crippen LogP contribution < -0.4 is 9.47 Å². The van der Waals surface area contributed by atoms with Crippen molar-refractivity contribution in [3.05, 3.63) is 23.3 Å². The van der Waals surface area contributed by atoms with Gasteiger partial charge in [-0.2, -0.15) is 0 Å². The fourth-order valence-corrected chi connectivity index (χ4v) is 5.46. The van der Waals surface area contributed by atoms with E-state index in [0.29, 0.717) is 18.2 Å². The van der Waals surface area contributed by atoms with Crippen LogP contribution in [0, 0.1) is 11.3 Å². The van der Waals surface area contributed by atoms with Gasteiger partial charge in [0.05, 0.1) is 20.4 Å². The number of hydrogen-bond acceptors (Lipinski definition) is 4. The van der Waals surface area contributed by atoms with Crippen LogP contribution in [0.3, 0.4) is 0 Å². The van der Waals surface area contributed by atoms with Crippen LogP contribution >= 0.6 is 0 Å². The number of carbonyl (C=O) groups is 1. The van der Waals surface area contributed by atoms with Gasteiger partial charge in [-0.1, -0.05) is 20.8 Å². The summed E-state index contributed by atoms with van der Waals surface area (Å²) < 4.78 is 11.1. The predicted octanol–water partition coefficient (Wildman–Crippen LogP) is 4.01. The molecule has 1 amide bonds. The molecular formula is C23H34N2O3. The van der Waals surface area contributed by atoms with E-state index in [4.69, 9.17) is 9.47 Å². The van der Waals surface area contributed by atoms with E-state index in [2.05, 4.69) is 42.7 Å². The zero-order valence-electron chi connectivity index (χ0n) is 18.0. The molecule has 28 heavy (non-hydrogen) atoms. The standard InChI is InChI=1S/C23H34N2O3/c1-23(2,3)16-7-6-9-25-21(12-16)24-10-8-15-11-19(27-4)20(28-5)13-17(15)18(24)14-22(25)26/h11,13,16,18,21H,6-10,12,14H2,1-5H3. The lowest BCUT2D eigenvalue weighted by Gasteiger charge is -2.51. The Morgan fingerprint density at radius 2 is 1.79 bits per heavy atom. The summed E-state index contributed by atoms with van der Waals surface area (Å²) >= 11 is 0. The van der Waals surface area contributed by atoms with Gasteiger partial charge in [0.1, 0.15) is 0 Å². The van der Waals surface area contributed by atoms with Gasteiger partial charge in [0.25, 0.3) is 0 Å². The van der Waals surface area contributed by atoms with E-state index in [1.165, 1.54) is 17.5 Å². The minimum Gasteiger partial charge on any atom is -0.493 e. The molecule has 154 valence electrons. The number of rotatable bonds is 2. The van der Waals surface area contributed by atoms with Crippen molar-refractivity contribution in [3.63, 3.8) is 0 Å². The smallest absolute Gasteiger partial charge is 0.225 e. The van der Waals surface area contributed by atoms with Crippen LogP contribution in [0.5, 0.6) is 11.5 Å². The second-order valence-electron chi connectivity index (χ2n) is 9.62. The molecule has 0 radical (unpaired) electrons. The lowest BCUT2D eigenvalue weighted by molar-refractivity contribution is -0.150. The molecule has 2 fully saturated rings. The van der Waals surface area contributed by atoms with Crippen LogP contribution in [0.15, 0.2) is 12.1 Å². The number of amides is 1. The minimum absolute atomic E-state index is 0.149. The number of ether oxygens (including phenoxy) is 2. The molecule has 3 atom stereocenters. The maximum absolute atomic E-state index is 13.1. The van der Waals surface area contributed by atoms with E-state index >= 15 is 0 Å². The minimum atomic E-state index is 0.149. The first kappa shape index (κ1) is 19.6. The summed E-state index contributed by atoms with van der Waals surface area (Å²) in [6, 6.07) is 4.36. The molecule has 0 spiro atoms. The summed E-state index contributed by atoms with van der Waals surface area (Å²) in [5, 5.41) is 0. The van der Waals surface area contributed by atoms with Gasteiger partial charge in [-0.05, 0) is 60.3 Å². The maximum Gasteiger partial charge on any atom is 0.225 e. The van der Waals surface area contributed by atoms with Crippen LogP contribution in [-0.2, 0) is 11.2 Å². The number of fused-ring (bicyclic) bond motifs is 5. The van der Waals surface area contributed by atoms with Crippen molar-refractivity contribution in [1.82, 2.24) is 9.80 Å². The fraction of sp³-hybridized carbons (Fsp3) is 0.696. The van der Waals surface area contributed by atoms with Crippen LogP contribution in [-0.4, -0.2) is 49.2 Å². The zero-order chi connectivity index (χ0) is 20.1. The molecule has 5 nitrogen and oxygen atoms in total. The first-order chi connectivity index (χ1) is 13.3. The third-order valence-corrected chi connectivity index (χ3v) is 7.15. The number of methoxy groups -OCH3 is 2. The molecule has 3 heterocycles. The van der Waals surface area contributed by atoms with Gasteiger partial charge in [-0.15, -0.1) is 0 Å². The van der Waals surface area contributed by atoms with Crippen molar-refractivity contribution >= 4 is 5.91 Å². The molecule has 0 aromatic heterocycles. The molecule has 0 N–H and O–H groups in total. The van der Waals surface area contributed by atoms with Crippen LogP contribution in [0.2, 0.25) is 0 Å². The molecule has 1 aromatic rings. The first-order valence-corrected chi connectivity index (χ1v) is 10.6. The Bertz CT molecular complexity index is 755. The number of benzene rings is 1. The van der Waals surface area contributed by atoms with Gasteiger partial charge in [0.15, 0.2) is 11.5 Å². The molecule has 3 unspecified atom stereocenters. The summed E-state index contributed by atoms with van der Waals surface area (Å²) in [6.45, 7) is 8.94. The molecule has 3 aliphatic rings. The SMILES string of the molecule is COc1cc2c(cc1OC)C1CC(=O)N3CCCC(C(C)(C)C)CC3N1CC2. The summed E-state index contributed by atoms with van der Waals surface area (Å²) in [6.07, 6.45) is 5.19. The molecule has 4 rings (SSSR count). The van der Waals surface area contributed by atoms with E-state index in [0.717, 1.165) is 43.9 Å². The largest absolute Gasteiger partial charge is 0.493 e. The van der Waals surface area contributed by atoms with E-state index in [9.17, 15) is 4.79 Å². The van der Waals surface area contributed by atoms with Crippen molar-refractivity contribution in [2.45, 2.75) is 65.1 Å². The Hall–Kier alpha value is -1.75. The third kappa shape index (κ3) is 3.28. The molecule has 5 heteroatoms. The lowest BCUT2D eigenvalue weighted by Crippen LogP contribution is -2.59. The highest BCUT2D eigenvalue weighted by atomic mass is 16.5. The number of carbonyl (C=O) groups excluding carboxylic acids is 1. The monoisotopic (exact) mass is 386 g/mol. The molecular weight excluding hydrogens is 352 g/mol. The molecule has 1 aromatic carbocycles. The number of hydrogen-bond donors (Lipinski definition) is 0. The predicted molar refractivity (Wildman–Crippen MR) is 110 cm³/mol. The molecule has 0 bridgehead atoms. The van der Waals surface area contributed by atoms with Crippen LogP contribution in [0.25, 0.3) is 0 Å². The Morgan fingerprint density at radius 1 is 1.07 bits per heavy atom. The molecule has 0 saturated carbocycles. The topological polar surface area (TPSA) is 42.0 Å². The third-order valence-electron chi connectivity index (χ3n) is 7.15. The summed E-state index contributed by atoms with van der Waals surface area (Å²) in [4.78, 5) is 17.9. The van der Waals surface area contributed by atoms with Crippen molar-refractivity contribution in [2.75, 3.05) is 27.3 Å². The maximum atomic E-state index is 13.1. The summed E-state index contributed by atoms with van der Waals surface area (Å²) in [5.74, 6) is 2.48. The normalized spacial score (nSPS) is 28.1. The van der Waals surface area contributed by atoms with Gasteiger partial charge in [0, 0.05) is 25.6 Å². The highest BCUT2D eigenvalue weighted by Crippen LogP contribution is 2.46. The zero-order valence-corrected chi connectivity index (χ0v) is 18.0. The lowest BCUT2D eigenvalue weighted by atomic mass is 9.75. The Labute approximate surface area is 169 Å². The van der Waals surface area contributed by atoms with E-state index < -0.39 is 0 Å².